The lowest BCUT2D eigenvalue weighted by molar-refractivity contribution is -0.125. The van der Waals surface area contributed by atoms with E-state index in [4.69, 9.17) is 14.2 Å². The van der Waals surface area contributed by atoms with Crippen molar-refractivity contribution in [1.82, 2.24) is 29.6 Å². The Bertz CT molecular complexity index is 2320. The molecule has 5 heterocycles. The van der Waals surface area contributed by atoms with Gasteiger partial charge in [0, 0.05) is 82.9 Å². The molecule has 56 heavy (non-hydrogen) atoms. The first-order chi connectivity index (χ1) is 26.9. The van der Waals surface area contributed by atoms with E-state index in [0.29, 0.717) is 54.3 Å². The largest absolute Gasteiger partial charge is 0.496 e. The topological polar surface area (TPSA) is 139 Å². The molecule has 4 aromatic rings. The number of allylic oxidation sites excluding steroid dienone is 1. The third kappa shape index (κ3) is 6.56. The maximum atomic E-state index is 13.4. The lowest BCUT2D eigenvalue weighted by Crippen LogP contribution is -2.53. The number of rotatable bonds is 11. The second-order valence-electron chi connectivity index (χ2n) is 15.4. The summed E-state index contributed by atoms with van der Waals surface area (Å²) in [6.45, 7) is 8.31. The van der Waals surface area contributed by atoms with Crippen LogP contribution in [-0.4, -0.2) is 115 Å². The molecule has 14 heteroatoms. The van der Waals surface area contributed by atoms with Crippen molar-refractivity contribution >= 4 is 34.3 Å². The second kappa shape index (κ2) is 14.4. The van der Waals surface area contributed by atoms with Gasteiger partial charge in [-0.2, -0.15) is 0 Å². The molecule has 1 N–H and O–H groups in total. The van der Waals surface area contributed by atoms with Gasteiger partial charge in [-0.1, -0.05) is 6.58 Å². The van der Waals surface area contributed by atoms with Crippen LogP contribution >= 0.6 is 0 Å². The molecule has 2 saturated heterocycles. The summed E-state index contributed by atoms with van der Waals surface area (Å²) in [6.07, 6.45) is 6.39. The SMILES string of the molecule is C=C1CCC(N2C(=O)c3ccc(OCC4(N5CCN(Cc6c(OC)cc(-c7cn(C)c(=O)c8cnc(N(C)C)cc78)cc6OC)CC5)CC4)cc3C2=O)C(=O)N1. The summed E-state index contributed by atoms with van der Waals surface area (Å²) < 4.78 is 19.9. The molecular weight excluding hydrogens is 715 g/mol. The molecule has 3 fully saturated rings. The van der Waals surface area contributed by atoms with Crippen LogP contribution in [0.4, 0.5) is 5.82 Å². The van der Waals surface area contributed by atoms with Gasteiger partial charge in [-0.15, -0.1) is 0 Å². The van der Waals surface area contributed by atoms with E-state index in [1.165, 1.54) is 0 Å². The van der Waals surface area contributed by atoms with Gasteiger partial charge in [0.15, 0.2) is 0 Å². The number of pyridine rings is 2. The van der Waals surface area contributed by atoms with Crippen molar-refractivity contribution in [2.75, 3.05) is 66.0 Å². The van der Waals surface area contributed by atoms with E-state index >= 15 is 0 Å². The number of fused-ring (bicyclic) bond motifs is 2. The van der Waals surface area contributed by atoms with E-state index in [9.17, 15) is 19.2 Å². The van der Waals surface area contributed by atoms with Gasteiger partial charge < -0.3 is 29.0 Å². The number of amides is 3. The Morgan fingerprint density at radius 3 is 2.25 bits per heavy atom. The van der Waals surface area contributed by atoms with Gasteiger partial charge in [0.2, 0.25) is 5.91 Å². The Hall–Kier alpha value is -5.73. The molecule has 2 aromatic heterocycles. The van der Waals surface area contributed by atoms with Crippen LogP contribution in [-0.2, 0) is 18.4 Å². The number of aromatic nitrogens is 2. The van der Waals surface area contributed by atoms with Crippen LogP contribution in [0.5, 0.6) is 17.2 Å². The molecule has 0 spiro atoms. The highest BCUT2D eigenvalue weighted by molar-refractivity contribution is 6.23. The summed E-state index contributed by atoms with van der Waals surface area (Å²) in [5.74, 6) is 1.39. The van der Waals surface area contributed by atoms with Crippen molar-refractivity contribution < 1.29 is 28.6 Å². The summed E-state index contributed by atoms with van der Waals surface area (Å²) in [6, 6.07) is 10.1. The second-order valence-corrected chi connectivity index (χ2v) is 15.4. The van der Waals surface area contributed by atoms with Gasteiger partial charge in [-0.3, -0.25) is 33.9 Å². The van der Waals surface area contributed by atoms with E-state index in [1.54, 1.807) is 50.2 Å². The van der Waals surface area contributed by atoms with Crippen molar-refractivity contribution in [2.45, 2.75) is 43.8 Å². The molecule has 292 valence electrons. The summed E-state index contributed by atoms with van der Waals surface area (Å²) in [5.41, 5.74) is 3.65. The molecule has 0 bridgehead atoms. The zero-order chi connectivity index (χ0) is 39.5. The molecule has 3 aliphatic heterocycles. The maximum Gasteiger partial charge on any atom is 0.262 e. The summed E-state index contributed by atoms with van der Waals surface area (Å²) in [7, 11) is 8.93. The number of hydrogen-bond acceptors (Lipinski definition) is 11. The summed E-state index contributed by atoms with van der Waals surface area (Å²) >= 11 is 0. The first-order valence-corrected chi connectivity index (χ1v) is 18.9. The van der Waals surface area contributed by atoms with Gasteiger partial charge >= 0.3 is 0 Å². The Morgan fingerprint density at radius 1 is 0.911 bits per heavy atom. The lowest BCUT2D eigenvalue weighted by Gasteiger charge is -2.40. The first kappa shape index (κ1) is 37.2. The van der Waals surface area contributed by atoms with Crippen LogP contribution < -0.4 is 30.0 Å². The molecule has 1 aliphatic carbocycles. The van der Waals surface area contributed by atoms with E-state index in [2.05, 4.69) is 26.7 Å². The Kier molecular flexibility index (Phi) is 9.57. The predicted octanol–water partition coefficient (Wildman–Crippen LogP) is 3.80. The van der Waals surface area contributed by atoms with Crippen molar-refractivity contribution in [1.29, 1.82) is 0 Å². The number of anilines is 1. The van der Waals surface area contributed by atoms with Crippen molar-refractivity contribution in [3.8, 4) is 28.4 Å². The quantitative estimate of drug-likeness (QED) is 0.224. The van der Waals surface area contributed by atoms with Crippen LogP contribution in [0.15, 0.2) is 65.9 Å². The number of carbonyl (C=O) groups excluding carboxylic acids is 3. The van der Waals surface area contributed by atoms with Crippen LogP contribution in [0.25, 0.3) is 21.9 Å². The molecule has 0 radical (unpaired) electrons. The molecule has 3 amide bonds. The average molecular weight is 762 g/mol. The Morgan fingerprint density at radius 2 is 1.61 bits per heavy atom. The molecule has 1 saturated carbocycles. The van der Waals surface area contributed by atoms with E-state index < -0.39 is 17.9 Å². The lowest BCUT2D eigenvalue weighted by atomic mass is 9.98. The van der Waals surface area contributed by atoms with Gasteiger partial charge in [0.1, 0.15) is 35.7 Å². The van der Waals surface area contributed by atoms with Crippen molar-refractivity contribution in [3.05, 3.63) is 88.1 Å². The third-order valence-corrected chi connectivity index (χ3v) is 11.7. The molecule has 14 nitrogen and oxygen atoms in total. The minimum absolute atomic E-state index is 0.0862. The molecular formula is C42H47N7O7. The third-order valence-electron chi connectivity index (χ3n) is 11.7. The highest BCUT2D eigenvalue weighted by Gasteiger charge is 2.50. The minimum atomic E-state index is -0.852. The first-order valence-electron chi connectivity index (χ1n) is 18.9. The fourth-order valence-electron chi connectivity index (χ4n) is 8.26. The number of aryl methyl sites for hydroxylation is 1. The van der Waals surface area contributed by atoms with Crippen molar-refractivity contribution in [3.63, 3.8) is 0 Å². The number of hydrogen-bond donors (Lipinski definition) is 1. The Balaban J connectivity index is 0.933. The number of piperidine rings is 1. The van der Waals surface area contributed by atoms with E-state index in [0.717, 1.165) is 71.8 Å². The predicted molar refractivity (Wildman–Crippen MR) is 211 cm³/mol. The minimum Gasteiger partial charge on any atom is -0.496 e. The highest BCUT2D eigenvalue weighted by Crippen LogP contribution is 2.44. The Labute approximate surface area is 325 Å². The average Bonchev–Trinajstić information content (AvgIpc) is 3.95. The monoisotopic (exact) mass is 761 g/mol. The fourth-order valence-corrected chi connectivity index (χ4v) is 8.26. The van der Waals surface area contributed by atoms with Gasteiger partial charge in [-0.25, -0.2) is 4.98 Å². The molecule has 4 aliphatic rings. The summed E-state index contributed by atoms with van der Waals surface area (Å²) in [4.78, 5) is 64.6. The number of nitrogens with zero attached hydrogens (tertiary/aromatic N) is 6. The smallest absolute Gasteiger partial charge is 0.262 e. The summed E-state index contributed by atoms with van der Waals surface area (Å²) in [5, 5.41) is 4.02. The number of benzene rings is 2. The molecule has 2 aromatic carbocycles. The number of methoxy groups -OCH3 is 2. The van der Waals surface area contributed by atoms with Crippen molar-refractivity contribution in [2.24, 2.45) is 7.05 Å². The standard InChI is InChI=1S/C42H47N7O7/c1-25-7-10-34(38(50)44-25)49-40(52)28-9-8-27(19-30(28)41(49)53)56-24-42(11-12-42)48-15-13-47(14-16-48)23-33-35(54-5)17-26(18-36(33)55-6)32-22-46(4)39(51)31-21-43-37(45(2)3)20-29(31)32/h8-9,17-22,34H,1,7,10-16,23-24H2,2-6H3,(H,44,50). The number of nitrogens with one attached hydrogen (secondary N) is 1. The number of carbonyl (C=O) groups is 3. The van der Waals surface area contributed by atoms with E-state index in [1.807, 2.05) is 43.4 Å². The van der Waals surface area contributed by atoms with Gasteiger partial charge in [-0.05, 0) is 67.6 Å². The van der Waals surface area contributed by atoms with Crippen LogP contribution in [0, 0.1) is 0 Å². The molecule has 1 unspecified atom stereocenters. The zero-order valence-electron chi connectivity index (χ0n) is 32.5. The molecule has 8 rings (SSSR count). The van der Waals surface area contributed by atoms with Gasteiger partial charge in [0.25, 0.3) is 17.4 Å². The van der Waals surface area contributed by atoms with Crippen LogP contribution in [0.2, 0.25) is 0 Å². The fraction of sp³-hybridized carbons (Fsp3) is 0.405. The van der Waals surface area contributed by atoms with E-state index in [-0.39, 0.29) is 28.1 Å². The van der Waals surface area contributed by atoms with Crippen LogP contribution in [0.1, 0.15) is 52.0 Å². The van der Waals surface area contributed by atoms with Gasteiger partial charge in [0.05, 0.1) is 41.8 Å². The van der Waals surface area contributed by atoms with Crippen LogP contribution in [0.3, 0.4) is 0 Å². The maximum absolute atomic E-state index is 13.4. The highest BCUT2D eigenvalue weighted by atomic mass is 16.5. The zero-order valence-corrected chi connectivity index (χ0v) is 32.5. The number of ether oxygens (including phenoxy) is 3. The number of imide groups is 1. The normalized spacial score (nSPS) is 19.6. The molecule has 1 atom stereocenters. The number of piperazine rings is 1.